The average molecular weight is 298 g/mol. The van der Waals surface area contributed by atoms with Crippen molar-refractivity contribution in [3.05, 3.63) is 0 Å². The third kappa shape index (κ3) is 5.36. The zero-order valence-corrected chi connectivity index (χ0v) is 13.0. The van der Waals surface area contributed by atoms with E-state index in [4.69, 9.17) is 0 Å². The average Bonchev–Trinajstić information content (AvgIpc) is 2.44. The van der Waals surface area contributed by atoms with Gasteiger partial charge in [-0.1, -0.05) is 6.92 Å². The number of carboxylic acids is 1. The van der Waals surface area contributed by atoms with E-state index in [1.54, 1.807) is 11.8 Å². The summed E-state index contributed by atoms with van der Waals surface area (Å²) in [5, 5.41) is 12.0. The topological polar surface area (TPSA) is 86.7 Å². The standard InChI is InChI=1S/C15H26N2O4/c1-3-9-16-12(18)6-4-7-13(19)17-10-5-8-15(2,11-17)14(20)21/h3-11H2,1-2H3,(H,16,18)(H,20,21). The SMILES string of the molecule is CCCNC(=O)CCCC(=O)N1CCCC(C)(C(=O)O)C1. The summed E-state index contributed by atoms with van der Waals surface area (Å²) in [6.07, 6.45) is 3.36. The van der Waals surface area contributed by atoms with Crippen LogP contribution in [0, 0.1) is 5.41 Å². The van der Waals surface area contributed by atoms with Gasteiger partial charge >= 0.3 is 5.97 Å². The number of hydrogen-bond acceptors (Lipinski definition) is 3. The Labute approximate surface area is 125 Å². The molecule has 1 rings (SSSR count). The Kier molecular flexibility index (Phi) is 6.65. The molecule has 0 aromatic carbocycles. The Morgan fingerprint density at radius 3 is 2.62 bits per heavy atom. The van der Waals surface area contributed by atoms with Gasteiger partial charge < -0.3 is 15.3 Å². The van der Waals surface area contributed by atoms with Crippen LogP contribution in [0.3, 0.4) is 0 Å². The van der Waals surface area contributed by atoms with Crippen molar-refractivity contribution in [2.75, 3.05) is 19.6 Å². The zero-order chi connectivity index (χ0) is 15.9. The van der Waals surface area contributed by atoms with Gasteiger partial charge in [-0.3, -0.25) is 14.4 Å². The minimum Gasteiger partial charge on any atom is -0.481 e. The highest BCUT2D eigenvalue weighted by Gasteiger charge is 2.39. The third-order valence-electron chi connectivity index (χ3n) is 3.93. The molecule has 2 N–H and O–H groups in total. The fourth-order valence-electron chi connectivity index (χ4n) is 2.54. The molecular weight excluding hydrogens is 272 g/mol. The van der Waals surface area contributed by atoms with Crippen LogP contribution in [-0.2, 0) is 14.4 Å². The molecule has 1 saturated heterocycles. The fraction of sp³-hybridized carbons (Fsp3) is 0.800. The molecule has 1 atom stereocenters. The van der Waals surface area contributed by atoms with E-state index in [0.29, 0.717) is 45.2 Å². The number of carboxylic acid groups (broad SMARTS) is 1. The second-order valence-corrected chi connectivity index (χ2v) is 5.99. The molecule has 0 bridgehead atoms. The van der Waals surface area contributed by atoms with Gasteiger partial charge in [0.25, 0.3) is 0 Å². The maximum Gasteiger partial charge on any atom is 0.311 e. The molecule has 1 aliphatic heterocycles. The first-order chi connectivity index (χ1) is 9.89. The summed E-state index contributed by atoms with van der Waals surface area (Å²) in [4.78, 5) is 36.4. The number of nitrogens with zero attached hydrogens (tertiary/aromatic N) is 1. The largest absolute Gasteiger partial charge is 0.481 e. The first-order valence-electron chi connectivity index (χ1n) is 7.67. The van der Waals surface area contributed by atoms with E-state index in [0.717, 1.165) is 6.42 Å². The Balaban J connectivity index is 2.35. The molecule has 2 amide bonds. The molecule has 1 unspecified atom stereocenters. The zero-order valence-electron chi connectivity index (χ0n) is 13.0. The monoisotopic (exact) mass is 298 g/mol. The maximum absolute atomic E-state index is 12.1. The molecule has 0 aromatic heterocycles. The van der Waals surface area contributed by atoms with Crippen LogP contribution in [0.5, 0.6) is 0 Å². The van der Waals surface area contributed by atoms with Crippen molar-refractivity contribution in [3.63, 3.8) is 0 Å². The molecule has 6 heteroatoms. The molecule has 0 spiro atoms. The van der Waals surface area contributed by atoms with Crippen molar-refractivity contribution in [2.24, 2.45) is 5.41 Å². The van der Waals surface area contributed by atoms with Crippen LogP contribution >= 0.6 is 0 Å². The van der Waals surface area contributed by atoms with E-state index in [2.05, 4.69) is 5.32 Å². The first-order valence-corrected chi connectivity index (χ1v) is 7.67. The van der Waals surface area contributed by atoms with Crippen LogP contribution in [0.4, 0.5) is 0 Å². The Morgan fingerprint density at radius 1 is 1.29 bits per heavy atom. The van der Waals surface area contributed by atoms with Gasteiger partial charge in [0.1, 0.15) is 0 Å². The molecular formula is C15H26N2O4. The molecule has 0 saturated carbocycles. The van der Waals surface area contributed by atoms with E-state index < -0.39 is 11.4 Å². The predicted octanol–water partition coefficient (Wildman–Crippen LogP) is 1.40. The van der Waals surface area contributed by atoms with Crippen LogP contribution in [-0.4, -0.2) is 47.4 Å². The quantitative estimate of drug-likeness (QED) is 0.743. The number of nitrogens with one attached hydrogen (secondary N) is 1. The van der Waals surface area contributed by atoms with Gasteiger partial charge in [-0.05, 0) is 32.6 Å². The number of likely N-dealkylation sites (tertiary alicyclic amines) is 1. The Morgan fingerprint density at radius 2 is 2.00 bits per heavy atom. The van der Waals surface area contributed by atoms with Crippen molar-refractivity contribution in [1.29, 1.82) is 0 Å². The normalized spacial score (nSPS) is 21.9. The highest BCUT2D eigenvalue weighted by Crippen LogP contribution is 2.30. The Bertz CT molecular complexity index is 397. The van der Waals surface area contributed by atoms with Gasteiger partial charge in [-0.25, -0.2) is 0 Å². The summed E-state index contributed by atoms with van der Waals surface area (Å²) in [5.41, 5.74) is -0.841. The van der Waals surface area contributed by atoms with E-state index >= 15 is 0 Å². The van der Waals surface area contributed by atoms with Crippen molar-refractivity contribution >= 4 is 17.8 Å². The van der Waals surface area contributed by atoms with Gasteiger partial charge in [0, 0.05) is 32.5 Å². The van der Waals surface area contributed by atoms with Gasteiger partial charge in [-0.15, -0.1) is 0 Å². The minimum atomic E-state index is -0.848. The van der Waals surface area contributed by atoms with Crippen LogP contribution < -0.4 is 5.32 Å². The number of carbonyl (C=O) groups is 3. The fourth-order valence-corrected chi connectivity index (χ4v) is 2.54. The molecule has 6 nitrogen and oxygen atoms in total. The van der Waals surface area contributed by atoms with E-state index in [1.807, 2.05) is 6.92 Å². The molecule has 0 aliphatic carbocycles. The second kappa shape index (κ2) is 8.00. The first kappa shape index (κ1) is 17.5. The van der Waals surface area contributed by atoms with Gasteiger partial charge in [0.05, 0.1) is 5.41 Å². The van der Waals surface area contributed by atoms with Crippen LogP contribution in [0.1, 0.15) is 52.4 Å². The lowest BCUT2D eigenvalue weighted by Crippen LogP contribution is -2.48. The summed E-state index contributed by atoms with van der Waals surface area (Å²) in [7, 11) is 0. The van der Waals surface area contributed by atoms with Crippen LogP contribution in [0.2, 0.25) is 0 Å². The number of amides is 2. The summed E-state index contributed by atoms with van der Waals surface area (Å²) >= 11 is 0. The third-order valence-corrected chi connectivity index (χ3v) is 3.93. The number of aliphatic carboxylic acids is 1. The van der Waals surface area contributed by atoms with Crippen LogP contribution in [0.15, 0.2) is 0 Å². The van der Waals surface area contributed by atoms with E-state index in [1.165, 1.54) is 0 Å². The summed E-state index contributed by atoms with van der Waals surface area (Å²) in [6.45, 7) is 5.22. The van der Waals surface area contributed by atoms with Crippen molar-refractivity contribution in [3.8, 4) is 0 Å². The molecule has 0 radical (unpaired) electrons. The number of rotatable bonds is 7. The molecule has 1 heterocycles. The number of piperidine rings is 1. The molecule has 1 fully saturated rings. The van der Waals surface area contributed by atoms with Gasteiger partial charge in [0.2, 0.25) is 11.8 Å². The molecule has 21 heavy (non-hydrogen) atoms. The van der Waals surface area contributed by atoms with E-state index in [-0.39, 0.29) is 18.4 Å². The van der Waals surface area contributed by atoms with Gasteiger partial charge in [-0.2, -0.15) is 0 Å². The molecule has 1 aliphatic rings. The summed E-state index contributed by atoms with van der Waals surface area (Å²) < 4.78 is 0. The highest BCUT2D eigenvalue weighted by atomic mass is 16.4. The van der Waals surface area contributed by atoms with E-state index in [9.17, 15) is 19.5 Å². The second-order valence-electron chi connectivity index (χ2n) is 5.99. The van der Waals surface area contributed by atoms with Crippen molar-refractivity contribution in [2.45, 2.75) is 52.4 Å². The van der Waals surface area contributed by atoms with Gasteiger partial charge in [0.15, 0.2) is 0 Å². The number of carbonyl (C=O) groups excluding carboxylic acids is 2. The molecule has 0 aromatic rings. The van der Waals surface area contributed by atoms with Crippen LogP contribution in [0.25, 0.3) is 0 Å². The summed E-state index contributed by atoms with van der Waals surface area (Å²) in [6, 6.07) is 0. The highest BCUT2D eigenvalue weighted by molar-refractivity contribution is 5.80. The lowest BCUT2D eigenvalue weighted by molar-refractivity contribution is -0.153. The Hall–Kier alpha value is -1.59. The summed E-state index contributed by atoms with van der Waals surface area (Å²) in [5.74, 6) is -0.928. The van der Waals surface area contributed by atoms with Crippen molar-refractivity contribution in [1.82, 2.24) is 10.2 Å². The minimum absolute atomic E-state index is 0.0290. The molecule has 120 valence electrons. The van der Waals surface area contributed by atoms with Crippen molar-refractivity contribution < 1.29 is 19.5 Å². The smallest absolute Gasteiger partial charge is 0.311 e. The maximum atomic E-state index is 12.1. The predicted molar refractivity (Wildman–Crippen MR) is 78.7 cm³/mol. The number of hydrogen-bond donors (Lipinski definition) is 2. The lowest BCUT2D eigenvalue weighted by Gasteiger charge is -2.37. The lowest BCUT2D eigenvalue weighted by atomic mass is 9.82.